The summed E-state index contributed by atoms with van der Waals surface area (Å²) < 4.78 is 5.86. The van der Waals surface area contributed by atoms with Crippen molar-refractivity contribution in [1.82, 2.24) is 10.2 Å². The van der Waals surface area contributed by atoms with Gasteiger partial charge in [0.25, 0.3) is 0 Å². The summed E-state index contributed by atoms with van der Waals surface area (Å²) in [7, 11) is 0. The van der Waals surface area contributed by atoms with Gasteiger partial charge in [0.1, 0.15) is 0 Å². The number of nitrogens with zero attached hydrogens (tertiary/aromatic N) is 1. The van der Waals surface area contributed by atoms with E-state index in [9.17, 15) is 0 Å². The molecule has 2 atom stereocenters. The lowest BCUT2D eigenvalue weighted by Crippen LogP contribution is -2.41. The summed E-state index contributed by atoms with van der Waals surface area (Å²) in [6.07, 6.45) is 4.35. The van der Waals surface area contributed by atoms with Crippen LogP contribution in [-0.2, 0) is 4.74 Å². The topological polar surface area (TPSA) is 50.5 Å². The molecule has 1 aliphatic heterocycles. The zero-order chi connectivity index (χ0) is 12.5. The van der Waals surface area contributed by atoms with Gasteiger partial charge in [-0.25, -0.2) is 0 Å². The summed E-state index contributed by atoms with van der Waals surface area (Å²) in [6, 6.07) is 0.548. The van der Waals surface area contributed by atoms with Crippen molar-refractivity contribution in [2.24, 2.45) is 5.73 Å². The predicted octanol–water partition coefficient (Wildman–Crippen LogP) is 0.814. The molecule has 1 heterocycles. The summed E-state index contributed by atoms with van der Waals surface area (Å²) in [4.78, 5) is 2.55. The highest BCUT2D eigenvalue weighted by Gasteiger charge is 2.17. The molecule has 0 spiro atoms. The zero-order valence-corrected chi connectivity index (χ0v) is 11.5. The van der Waals surface area contributed by atoms with E-state index in [1.165, 1.54) is 32.4 Å². The molecular weight excluding hydrogens is 214 g/mol. The van der Waals surface area contributed by atoms with Gasteiger partial charge in [-0.05, 0) is 39.8 Å². The maximum Gasteiger partial charge on any atom is 0.0672 e. The molecule has 0 radical (unpaired) electrons. The Hall–Kier alpha value is -0.160. The van der Waals surface area contributed by atoms with Crippen molar-refractivity contribution >= 4 is 0 Å². The smallest absolute Gasteiger partial charge is 0.0672 e. The Balaban J connectivity index is 2.07. The summed E-state index contributed by atoms with van der Waals surface area (Å²) in [5.74, 6) is 0. The van der Waals surface area contributed by atoms with Crippen LogP contribution in [0.3, 0.4) is 0 Å². The van der Waals surface area contributed by atoms with E-state index in [0.717, 1.165) is 19.7 Å². The van der Waals surface area contributed by atoms with Crippen LogP contribution in [-0.4, -0.2) is 56.4 Å². The normalized spacial score (nSPS) is 21.4. The first-order valence-electron chi connectivity index (χ1n) is 7.00. The molecule has 4 heteroatoms. The van der Waals surface area contributed by atoms with Crippen molar-refractivity contribution in [2.45, 2.75) is 45.3 Å². The molecule has 0 aromatic rings. The maximum absolute atomic E-state index is 5.86. The molecule has 0 bridgehead atoms. The standard InChI is InChI=1S/C13H29N3O/c1-12(16-8-4-3-5-9-16)11-17-13(2)10-15-7-6-14/h12-13,15H,3-11,14H2,1-2H3. The third kappa shape index (κ3) is 6.36. The van der Waals surface area contributed by atoms with E-state index in [1.807, 2.05) is 0 Å². The lowest BCUT2D eigenvalue weighted by Gasteiger charge is -2.32. The number of rotatable bonds is 8. The van der Waals surface area contributed by atoms with Crippen LogP contribution in [0.5, 0.6) is 0 Å². The Morgan fingerprint density at radius 3 is 2.59 bits per heavy atom. The fourth-order valence-corrected chi connectivity index (χ4v) is 2.23. The number of hydrogen-bond donors (Lipinski definition) is 2. The molecule has 2 unspecified atom stereocenters. The summed E-state index contributed by atoms with van der Waals surface area (Å²) in [5, 5.41) is 3.27. The zero-order valence-electron chi connectivity index (χ0n) is 11.5. The van der Waals surface area contributed by atoms with Gasteiger partial charge in [-0.1, -0.05) is 6.42 Å². The van der Waals surface area contributed by atoms with Crippen LogP contribution < -0.4 is 11.1 Å². The molecule has 3 N–H and O–H groups in total. The Morgan fingerprint density at radius 2 is 1.94 bits per heavy atom. The SMILES string of the molecule is CC(CNCCN)OCC(C)N1CCCCC1. The third-order valence-electron chi connectivity index (χ3n) is 3.39. The van der Waals surface area contributed by atoms with Gasteiger partial charge in [0.05, 0.1) is 12.7 Å². The van der Waals surface area contributed by atoms with E-state index in [2.05, 4.69) is 24.1 Å². The second-order valence-electron chi connectivity index (χ2n) is 5.08. The van der Waals surface area contributed by atoms with Gasteiger partial charge in [0, 0.05) is 25.7 Å². The van der Waals surface area contributed by atoms with E-state index in [-0.39, 0.29) is 6.10 Å². The van der Waals surface area contributed by atoms with Crippen LogP contribution in [0.15, 0.2) is 0 Å². The second kappa shape index (κ2) is 8.86. The van der Waals surface area contributed by atoms with Crippen molar-refractivity contribution in [3.05, 3.63) is 0 Å². The van der Waals surface area contributed by atoms with Gasteiger partial charge in [-0.15, -0.1) is 0 Å². The average molecular weight is 243 g/mol. The van der Waals surface area contributed by atoms with E-state index >= 15 is 0 Å². The Morgan fingerprint density at radius 1 is 1.24 bits per heavy atom. The molecule has 102 valence electrons. The summed E-state index contributed by atoms with van der Waals surface area (Å²) in [5.41, 5.74) is 5.42. The van der Waals surface area contributed by atoms with Crippen LogP contribution >= 0.6 is 0 Å². The van der Waals surface area contributed by atoms with Crippen LogP contribution in [0.2, 0.25) is 0 Å². The van der Waals surface area contributed by atoms with Gasteiger partial charge in [0.2, 0.25) is 0 Å². The molecule has 0 aromatic carbocycles. The van der Waals surface area contributed by atoms with E-state index in [4.69, 9.17) is 10.5 Å². The lowest BCUT2D eigenvalue weighted by atomic mass is 10.1. The monoisotopic (exact) mass is 243 g/mol. The molecule has 4 nitrogen and oxygen atoms in total. The number of piperidine rings is 1. The Bertz CT molecular complexity index is 184. The lowest BCUT2D eigenvalue weighted by molar-refractivity contribution is 0.0173. The fraction of sp³-hybridized carbons (Fsp3) is 1.00. The number of likely N-dealkylation sites (tertiary alicyclic amines) is 1. The minimum Gasteiger partial charge on any atom is -0.376 e. The van der Waals surface area contributed by atoms with Crippen LogP contribution in [0.1, 0.15) is 33.1 Å². The van der Waals surface area contributed by atoms with Gasteiger partial charge in [-0.2, -0.15) is 0 Å². The number of nitrogens with one attached hydrogen (secondary N) is 1. The molecule has 0 amide bonds. The first-order valence-corrected chi connectivity index (χ1v) is 7.00. The van der Waals surface area contributed by atoms with Gasteiger partial charge < -0.3 is 15.8 Å². The highest BCUT2D eigenvalue weighted by molar-refractivity contribution is 4.71. The first-order chi connectivity index (χ1) is 8.24. The average Bonchev–Trinajstić information content (AvgIpc) is 2.37. The molecule has 0 aromatic heterocycles. The quantitative estimate of drug-likeness (QED) is 0.620. The van der Waals surface area contributed by atoms with E-state index < -0.39 is 0 Å². The predicted molar refractivity (Wildman–Crippen MR) is 72.2 cm³/mol. The molecule has 1 rings (SSSR count). The molecule has 17 heavy (non-hydrogen) atoms. The van der Waals surface area contributed by atoms with Crippen LogP contribution in [0.4, 0.5) is 0 Å². The summed E-state index contributed by atoms with van der Waals surface area (Å²) in [6.45, 7) is 10.2. The molecule has 0 saturated carbocycles. The highest BCUT2D eigenvalue weighted by Crippen LogP contribution is 2.12. The van der Waals surface area contributed by atoms with Crippen LogP contribution in [0.25, 0.3) is 0 Å². The number of ether oxygens (including phenoxy) is 1. The van der Waals surface area contributed by atoms with Crippen molar-refractivity contribution in [3.63, 3.8) is 0 Å². The largest absolute Gasteiger partial charge is 0.376 e. The molecule has 0 aliphatic carbocycles. The highest BCUT2D eigenvalue weighted by atomic mass is 16.5. The fourth-order valence-electron chi connectivity index (χ4n) is 2.23. The molecular formula is C13H29N3O. The first kappa shape index (κ1) is 14.9. The maximum atomic E-state index is 5.86. The van der Waals surface area contributed by atoms with Crippen LogP contribution in [0, 0.1) is 0 Å². The second-order valence-corrected chi connectivity index (χ2v) is 5.08. The molecule has 1 aliphatic rings. The van der Waals surface area contributed by atoms with Crippen molar-refractivity contribution in [3.8, 4) is 0 Å². The Labute approximate surface area is 106 Å². The Kier molecular flexibility index (Phi) is 7.77. The number of nitrogens with two attached hydrogens (primary N) is 1. The third-order valence-corrected chi connectivity index (χ3v) is 3.39. The van der Waals surface area contributed by atoms with E-state index in [1.54, 1.807) is 0 Å². The van der Waals surface area contributed by atoms with Gasteiger partial charge >= 0.3 is 0 Å². The minimum absolute atomic E-state index is 0.272. The molecule has 1 fully saturated rings. The number of hydrogen-bond acceptors (Lipinski definition) is 4. The molecule has 1 saturated heterocycles. The van der Waals surface area contributed by atoms with E-state index in [0.29, 0.717) is 12.6 Å². The minimum atomic E-state index is 0.272. The van der Waals surface area contributed by atoms with Crippen molar-refractivity contribution < 1.29 is 4.74 Å². The van der Waals surface area contributed by atoms with Crippen molar-refractivity contribution in [2.75, 3.05) is 39.3 Å². The summed E-state index contributed by atoms with van der Waals surface area (Å²) >= 11 is 0. The van der Waals surface area contributed by atoms with Gasteiger partial charge in [-0.3, -0.25) is 4.90 Å². The van der Waals surface area contributed by atoms with Crippen molar-refractivity contribution in [1.29, 1.82) is 0 Å². The van der Waals surface area contributed by atoms with Gasteiger partial charge in [0.15, 0.2) is 0 Å².